The van der Waals surface area contributed by atoms with Gasteiger partial charge < -0.3 is 15.2 Å². The molecule has 1 aliphatic heterocycles. The van der Waals surface area contributed by atoms with Gasteiger partial charge in [0.2, 0.25) is 5.89 Å². The second-order valence-corrected chi connectivity index (χ2v) is 9.37. The van der Waals surface area contributed by atoms with Crippen LogP contribution >= 0.6 is 0 Å². The lowest BCUT2D eigenvalue weighted by atomic mass is 9.80. The van der Waals surface area contributed by atoms with Crippen molar-refractivity contribution in [1.29, 1.82) is 0 Å². The number of amides is 2. The second-order valence-electron chi connectivity index (χ2n) is 9.37. The van der Waals surface area contributed by atoms with Gasteiger partial charge in [0.05, 0.1) is 5.41 Å². The van der Waals surface area contributed by atoms with Crippen molar-refractivity contribution in [3.05, 3.63) is 47.6 Å². The van der Waals surface area contributed by atoms with E-state index in [0.717, 1.165) is 44.8 Å². The smallest absolute Gasteiger partial charge is 0.315 e. The number of fused-ring (bicyclic) bond motifs is 1. The summed E-state index contributed by atoms with van der Waals surface area (Å²) >= 11 is 0. The highest BCUT2D eigenvalue weighted by Crippen LogP contribution is 2.50. The maximum Gasteiger partial charge on any atom is 0.315 e. The normalized spacial score (nSPS) is 26.1. The number of likely N-dealkylation sites (tertiary alicyclic amines) is 1. The Labute approximate surface area is 178 Å². The number of nitrogens with zero attached hydrogens (tertiary/aromatic N) is 3. The Morgan fingerprint density at radius 3 is 2.83 bits per heavy atom. The molecule has 7 heteroatoms. The number of aryl methyl sites for hydroxylation is 1. The fourth-order valence-corrected chi connectivity index (χ4v) is 5.09. The molecule has 1 aliphatic carbocycles. The first-order valence-electron chi connectivity index (χ1n) is 11.1. The molecule has 0 spiro atoms. The van der Waals surface area contributed by atoms with Crippen molar-refractivity contribution < 1.29 is 9.32 Å². The van der Waals surface area contributed by atoms with Gasteiger partial charge in [-0.25, -0.2) is 4.79 Å². The van der Waals surface area contributed by atoms with Gasteiger partial charge in [0, 0.05) is 32.2 Å². The molecule has 7 nitrogen and oxygen atoms in total. The molecule has 1 saturated heterocycles. The Morgan fingerprint density at radius 1 is 1.33 bits per heavy atom. The zero-order chi connectivity index (χ0) is 21.1. The van der Waals surface area contributed by atoms with Gasteiger partial charge >= 0.3 is 6.03 Å². The molecule has 1 saturated carbocycles. The van der Waals surface area contributed by atoms with Crippen LogP contribution in [-0.4, -0.2) is 46.7 Å². The van der Waals surface area contributed by atoms with Crippen molar-refractivity contribution in [3.8, 4) is 0 Å². The van der Waals surface area contributed by atoms with E-state index in [0.29, 0.717) is 24.2 Å². The Hall–Kier alpha value is -2.41. The third-order valence-corrected chi connectivity index (χ3v) is 6.49. The average molecular weight is 412 g/mol. The summed E-state index contributed by atoms with van der Waals surface area (Å²) in [6.45, 7) is 9.66. The van der Waals surface area contributed by atoms with Crippen molar-refractivity contribution in [2.75, 3.05) is 19.6 Å². The van der Waals surface area contributed by atoms with E-state index in [2.05, 4.69) is 63.8 Å². The van der Waals surface area contributed by atoms with Gasteiger partial charge in [-0.2, -0.15) is 4.98 Å². The summed E-state index contributed by atoms with van der Waals surface area (Å²) in [5.41, 5.74) is 1.12. The third kappa shape index (κ3) is 4.51. The van der Waals surface area contributed by atoms with Gasteiger partial charge in [-0.05, 0) is 43.6 Å². The molecule has 4 rings (SSSR count). The van der Waals surface area contributed by atoms with Crippen LogP contribution in [0.2, 0.25) is 0 Å². The number of benzene rings is 1. The Morgan fingerprint density at radius 2 is 2.13 bits per heavy atom. The lowest BCUT2D eigenvalue weighted by molar-refractivity contribution is 0.227. The maximum absolute atomic E-state index is 12.4. The SMILES string of the molecule is Cc1noc([C@]23C[C@H](NC(=O)NCCC(C)C)C[C@H]2CN(Cc2ccccc2)C3)n1. The van der Waals surface area contributed by atoms with E-state index in [4.69, 9.17) is 4.52 Å². The highest BCUT2D eigenvalue weighted by molar-refractivity contribution is 5.74. The molecule has 2 aromatic rings. The van der Waals surface area contributed by atoms with Crippen LogP contribution < -0.4 is 10.6 Å². The van der Waals surface area contributed by atoms with Gasteiger partial charge in [0.25, 0.3) is 0 Å². The quantitative estimate of drug-likeness (QED) is 0.731. The van der Waals surface area contributed by atoms with Crippen molar-refractivity contribution in [1.82, 2.24) is 25.7 Å². The molecule has 1 aromatic heterocycles. The van der Waals surface area contributed by atoms with E-state index in [1.54, 1.807) is 0 Å². The van der Waals surface area contributed by atoms with Crippen molar-refractivity contribution in [3.63, 3.8) is 0 Å². The zero-order valence-corrected chi connectivity index (χ0v) is 18.2. The first kappa shape index (κ1) is 20.8. The van der Waals surface area contributed by atoms with Crippen molar-refractivity contribution >= 4 is 6.03 Å². The van der Waals surface area contributed by atoms with Crippen LogP contribution in [0.5, 0.6) is 0 Å². The molecule has 162 valence electrons. The first-order valence-corrected chi connectivity index (χ1v) is 11.1. The Kier molecular flexibility index (Phi) is 6.09. The van der Waals surface area contributed by atoms with Gasteiger partial charge in [-0.3, -0.25) is 4.90 Å². The molecule has 30 heavy (non-hydrogen) atoms. The number of carbonyl (C=O) groups is 1. The molecule has 2 heterocycles. The minimum atomic E-state index is -0.189. The monoisotopic (exact) mass is 411 g/mol. The summed E-state index contributed by atoms with van der Waals surface area (Å²) in [6, 6.07) is 10.6. The molecule has 3 atom stereocenters. The maximum atomic E-state index is 12.4. The topological polar surface area (TPSA) is 83.3 Å². The highest BCUT2D eigenvalue weighted by atomic mass is 16.5. The summed E-state index contributed by atoms with van der Waals surface area (Å²) in [5, 5.41) is 10.2. The fourth-order valence-electron chi connectivity index (χ4n) is 5.09. The van der Waals surface area contributed by atoms with Crippen LogP contribution in [0.4, 0.5) is 4.79 Å². The standard InChI is InChI=1S/C23H33N5O2/c1-16(2)9-10-24-22(29)26-20-11-19-14-28(13-18-7-5-4-6-8-18)15-23(19,12-20)21-25-17(3)27-30-21/h4-8,16,19-20H,9-15H2,1-3H3,(H2,24,26,29)/t19-,20+,23-/m0/s1. The van der Waals surface area contributed by atoms with E-state index < -0.39 is 0 Å². The molecule has 0 bridgehead atoms. The third-order valence-electron chi connectivity index (χ3n) is 6.49. The minimum absolute atomic E-state index is 0.0707. The summed E-state index contributed by atoms with van der Waals surface area (Å²) in [7, 11) is 0. The molecule has 2 N–H and O–H groups in total. The van der Waals surface area contributed by atoms with E-state index in [9.17, 15) is 4.79 Å². The van der Waals surface area contributed by atoms with Crippen LogP contribution in [0.1, 0.15) is 50.4 Å². The summed E-state index contributed by atoms with van der Waals surface area (Å²) < 4.78 is 5.68. The van der Waals surface area contributed by atoms with Crippen LogP contribution in [0.25, 0.3) is 0 Å². The summed E-state index contributed by atoms with van der Waals surface area (Å²) in [5.74, 6) is 2.37. The molecule has 0 unspecified atom stereocenters. The molecular formula is C23H33N5O2. The van der Waals surface area contributed by atoms with Gasteiger partial charge in [-0.1, -0.05) is 49.3 Å². The lowest BCUT2D eigenvalue weighted by Gasteiger charge is -2.25. The van der Waals surface area contributed by atoms with E-state index in [1.165, 1.54) is 5.56 Å². The van der Waals surface area contributed by atoms with E-state index >= 15 is 0 Å². The fraction of sp³-hybridized carbons (Fsp3) is 0.609. The van der Waals surface area contributed by atoms with Gasteiger partial charge in [0.1, 0.15) is 0 Å². The molecular weight excluding hydrogens is 378 g/mol. The molecule has 0 radical (unpaired) electrons. The number of hydrogen-bond donors (Lipinski definition) is 2. The Balaban J connectivity index is 1.43. The number of nitrogens with one attached hydrogen (secondary N) is 2. The lowest BCUT2D eigenvalue weighted by Crippen LogP contribution is -2.43. The van der Waals surface area contributed by atoms with E-state index in [-0.39, 0.29) is 17.5 Å². The van der Waals surface area contributed by atoms with Crippen LogP contribution in [0.3, 0.4) is 0 Å². The number of rotatable bonds is 7. The van der Waals surface area contributed by atoms with Crippen LogP contribution in [-0.2, 0) is 12.0 Å². The molecule has 2 aliphatic rings. The zero-order valence-electron chi connectivity index (χ0n) is 18.2. The summed E-state index contributed by atoms with van der Waals surface area (Å²) in [4.78, 5) is 19.5. The first-order chi connectivity index (χ1) is 14.4. The number of urea groups is 1. The van der Waals surface area contributed by atoms with Crippen molar-refractivity contribution in [2.45, 2.75) is 58.0 Å². The van der Waals surface area contributed by atoms with E-state index in [1.807, 2.05) is 13.0 Å². The predicted octanol–water partition coefficient (Wildman–Crippen LogP) is 3.26. The van der Waals surface area contributed by atoms with Crippen LogP contribution in [0, 0.1) is 18.8 Å². The van der Waals surface area contributed by atoms with Gasteiger partial charge in [-0.15, -0.1) is 0 Å². The predicted molar refractivity (Wildman–Crippen MR) is 115 cm³/mol. The second kappa shape index (κ2) is 8.76. The molecule has 2 amide bonds. The van der Waals surface area contributed by atoms with Crippen molar-refractivity contribution in [2.24, 2.45) is 11.8 Å². The highest BCUT2D eigenvalue weighted by Gasteiger charge is 2.57. The number of aromatic nitrogens is 2. The minimum Gasteiger partial charge on any atom is -0.339 e. The molecule has 1 aromatic carbocycles. The van der Waals surface area contributed by atoms with Gasteiger partial charge in [0.15, 0.2) is 5.82 Å². The average Bonchev–Trinajstić information content (AvgIpc) is 3.35. The number of hydrogen-bond acceptors (Lipinski definition) is 5. The van der Waals surface area contributed by atoms with Crippen LogP contribution in [0.15, 0.2) is 34.9 Å². The summed E-state index contributed by atoms with van der Waals surface area (Å²) in [6.07, 6.45) is 2.76. The largest absolute Gasteiger partial charge is 0.339 e. The molecule has 2 fully saturated rings. The Bertz CT molecular complexity index is 852. The number of carbonyl (C=O) groups excluding carboxylic acids is 1.